The van der Waals surface area contributed by atoms with E-state index in [1.54, 1.807) is 38.7 Å². The van der Waals surface area contributed by atoms with Gasteiger partial charge >= 0.3 is 0 Å². The van der Waals surface area contributed by atoms with Crippen LogP contribution in [0.3, 0.4) is 0 Å². The first-order valence-electron chi connectivity index (χ1n) is 7.92. The van der Waals surface area contributed by atoms with Crippen molar-refractivity contribution < 1.29 is 19.0 Å². The molecule has 130 valence electrons. The molecule has 1 aliphatic rings. The van der Waals surface area contributed by atoms with Crippen molar-refractivity contribution in [2.45, 2.75) is 12.5 Å². The number of allylic oxidation sites excluding steroid dienone is 1. The summed E-state index contributed by atoms with van der Waals surface area (Å²) < 4.78 is 16.2. The molecule has 0 spiro atoms. The summed E-state index contributed by atoms with van der Waals surface area (Å²) in [6.45, 7) is 0. The smallest absolute Gasteiger partial charge is 0.190 e. The molecule has 1 aromatic heterocycles. The predicted molar refractivity (Wildman–Crippen MR) is 98.6 cm³/mol. The van der Waals surface area contributed by atoms with Crippen LogP contribution in [0.1, 0.15) is 16.8 Å². The lowest BCUT2D eigenvalue weighted by atomic mass is 9.93. The molecule has 0 fully saturated rings. The van der Waals surface area contributed by atoms with Gasteiger partial charge in [0.1, 0.15) is 6.10 Å². The van der Waals surface area contributed by atoms with E-state index in [9.17, 15) is 4.79 Å². The zero-order chi connectivity index (χ0) is 17.8. The van der Waals surface area contributed by atoms with Gasteiger partial charge in [-0.25, -0.2) is 0 Å². The second kappa shape index (κ2) is 7.68. The minimum atomic E-state index is -0.323. The summed E-state index contributed by atoms with van der Waals surface area (Å²) >= 11 is 1.57. The number of carbonyl (C=O) groups excluding carboxylic acids is 1. The Morgan fingerprint density at radius 1 is 1.12 bits per heavy atom. The van der Waals surface area contributed by atoms with Gasteiger partial charge in [0.25, 0.3) is 0 Å². The highest BCUT2D eigenvalue weighted by Crippen LogP contribution is 2.32. The van der Waals surface area contributed by atoms with Crippen LogP contribution in [-0.2, 0) is 14.2 Å². The van der Waals surface area contributed by atoms with Crippen LogP contribution in [0.25, 0.3) is 10.4 Å². The maximum Gasteiger partial charge on any atom is 0.190 e. The Hall–Kier alpha value is -2.37. The molecule has 3 rings (SSSR count). The molecule has 0 saturated heterocycles. The number of carbonyl (C=O) groups is 1. The number of benzene rings is 1. The normalized spacial score (nSPS) is 17.2. The van der Waals surface area contributed by atoms with Crippen LogP contribution in [0.5, 0.6) is 0 Å². The number of methoxy groups -OCH3 is 3. The van der Waals surface area contributed by atoms with Gasteiger partial charge in [-0.2, -0.15) is 0 Å². The van der Waals surface area contributed by atoms with Crippen LogP contribution in [0.15, 0.2) is 64.9 Å². The molecule has 0 amide bonds. The van der Waals surface area contributed by atoms with E-state index in [1.165, 1.54) is 0 Å². The lowest BCUT2D eigenvalue weighted by Gasteiger charge is -2.24. The van der Waals surface area contributed by atoms with Gasteiger partial charge in [-0.3, -0.25) is 4.79 Å². The van der Waals surface area contributed by atoms with Crippen LogP contribution in [0.2, 0.25) is 0 Å². The molecule has 0 bridgehead atoms. The Balaban J connectivity index is 1.90. The third kappa shape index (κ3) is 3.52. The minimum Gasteiger partial charge on any atom is -0.494 e. The third-order valence-electron chi connectivity index (χ3n) is 4.18. The first-order valence-corrected chi connectivity index (χ1v) is 8.80. The van der Waals surface area contributed by atoms with Gasteiger partial charge in [-0.05, 0) is 17.7 Å². The molecule has 0 N–H and O–H groups in total. The maximum atomic E-state index is 12.9. The molecule has 5 heteroatoms. The molecule has 2 aromatic rings. The molecule has 0 saturated carbocycles. The van der Waals surface area contributed by atoms with E-state index >= 15 is 0 Å². The van der Waals surface area contributed by atoms with Gasteiger partial charge in [0, 0.05) is 34.9 Å². The summed E-state index contributed by atoms with van der Waals surface area (Å²) in [5.74, 6) is 1.13. The highest BCUT2D eigenvalue weighted by atomic mass is 32.1. The van der Waals surface area contributed by atoms with Gasteiger partial charge in [0.2, 0.25) is 0 Å². The molecule has 1 unspecified atom stereocenters. The van der Waals surface area contributed by atoms with E-state index in [1.807, 2.05) is 41.8 Å². The van der Waals surface area contributed by atoms with Crippen LogP contribution < -0.4 is 0 Å². The molecule has 1 heterocycles. The highest BCUT2D eigenvalue weighted by Gasteiger charge is 2.29. The summed E-state index contributed by atoms with van der Waals surface area (Å²) in [6.07, 6.45) is 1.88. The van der Waals surface area contributed by atoms with E-state index < -0.39 is 0 Å². The Bertz CT molecular complexity index is 817. The molecule has 1 aliphatic carbocycles. The summed E-state index contributed by atoms with van der Waals surface area (Å²) in [5.41, 5.74) is 2.45. The zero-order valence-corrected chi connectivity index (χ0v) is 15.3. The maximum absolute atomic E-state index is 12.9. The first kappa shape index (κ1) is 17.5. The second-order valence-corrected chi connectivity index (χ2v) is 6.54. The number of ether oxygens (including phenoxy) is 3. The van der Waals surface area contributed by atoms with Gasteiger partial charge in [0.05, 0.1) is 14.2 Å². The molecule has 0 aliphatic heterocycles. The molecule has 4 nitrogen and oxygen atoms in total. The van der Waals surface area contributed by atoms with Crippen LogP contribution >= 0.6 is 11.3 Å². The number of hydrogen-bond acceptors (Lipinski definition) is 5. The van der Waals surface area contributed by atoms with Crippen molar-refractivity contribution in [2.24, 2.45) is 0 Å². The quantitative estimate of drug-likeness (QED) is 0.718. The average Bonchev–Trinajstić information content (AvgIpc) is 3.17. The van der Waals surface area contributed by atoms with Crippen molar-refractivity contribution >= 4 is 17.1 Å². The zero-order valence-electron chi connectivity index (χ0n) is 14.4. The largest absolute Gasteiger partial charge is 0.494 e. The van der Waals surface area contributed by atoms with Gasteiger partial charge in [-0.15, -0.1) is 11.3 Å². The number of ketones is 1. The Morgan fingerprint density at radius 2 is 1.88 bits per heavy atom. The van der Waals surface area contributed by atoms with Crippen molar-refractivity contribution in [3.05, 3.63) is 70.5 Å². The van der Waals surface area contributed by atoms with E-state index in [2.05, 4.69) is 0 Å². The van der Waals surface area contributed by atoms with Crippen molar-refractivity contribution in [1.29, 1.82) is 0 Å². The molecule has 25 heavy (non-hydrogen) atoms. The Labute approximate surface area is 151 Å². The minimum absolute atomic E-state index is 0.00909. The standard InChI is InChI=1S/C20H20O4S/c1-22-16-9-14(10-17(23-2)20(16)24-3)19(21)15-11-18(25-12-15)13-7-5-4-6-8-13/h4-9,11-12,17H,10H2,1-3H3. The summed E-state index contributed by atoms with van der Waals surface area (Å²) in [4.78, 5) is 14.0. The number of thiophene rings is 1. The number of rotatable bonds is 6. The first-order chi connectivity index (χ1) is 12.2. The van der Waals surface area contributed by atoms with Crippen molar-refractivity contribution in [2.75, 3.05) is 21.3 Å². The fraction of sp³-hybridized carbons (Fsp3) is 0.250. The third-order valence-corrected chi connectivity index (χ3v) is 5.16. The summed E-state index contributed by atoms with van der Waals surface area (Å²) in [5, 5.41) is 1.90. The molecule has 0 radical (unpaired) electrons. The van der Waals surface area contributed by atoms with Crippen LogP contribution in [0, 0.1) is 0 Å². The van der Waals surface area contributed by atoms with Gasteiger partial charge in [0.15, 0.2) is 17.3 Å². The topological polar surface area (TPSA) is 44.8 Å². The van der Waals surface area contributed by atoms with E-state index in [-0.39, 0.29) is 11.9 Å². The van der Waals surface area contributed by atoms with Crippen LogP contribution in [0.4, 0.5) is 0 Å². The number of Topliss-reactive ketones (excluding diaryl/α,β-unsaturated/α-hetero) is 1. The van der Waals surface area contributed by atoms with E-state index in [4.69, 9.17) is 14.2 Å². The monoisotopic (exact) mass is 356 g/mol. The van der Waals surface area contributed by atoms with Crippen molar-refractivity contribution in [3.8, 4) is 10.4 Å². The van der Waals surface area contributed by atoms with E-state index in [0.29, 0.717) is 29.1 Å². The second-order valence-electron chi connectivity index (χ2n) is 5.63. The van der Waals surface area contributed by atoms with Gasteiger partial charge in [-0.1, -0.05) is 30.3 Å². The summed E-state index contributed by atoms with van der Waals surface area (Å²) in [7, 11) is 4.73. The van der Waals surface area contributed by atoms with Gasteiger partial charge < -0.3 is 14.2 Å². The lowest BCUT2D eigenvalue weighted by molar-refractivity contribution is 0.0633. The number of hydrogen-bond donors (Lipinski definition) is 0. The van der Waals surface area contributed by atoms with Crippen molar-refractivity contribution in [3.63, 3.8) is 0 Å². The van der Waals surface area contributed by atoms with Crippen molar-refractivity contribution in [1.82, 2.24) is 0 Å². The van der Waals surface area contributed by atoms with E-state index in [0.717, 1.165) is 10.4 Å². The molecule has 1 atom stereocenters. The highest BCUT2D eigenvalue weighted by molar-refractivity contribution is 7.13. The summed E-state index contributed by atoms with van der Waals surface area (Å²) in [6, 6.07) is 12.0. The van der Waals surface area contributed by atoms with Crippen LogP contribution in [-0.4, -0.2) is 33.2 Å². The molecule has 1 aromatic carbocycles. The molecular formula is C20H20O4S. The lowest BCUT2D eigenvalue weighted by Crippen LogP contribution is -2.24. The fourth-order valence-corrected chi connectivity index (χ4v) is 3.77. The molecular weight excluding hydrogens is 336 g/mol. The predicted octanol–water partition coefficient (Wildman–Crippen LogP) is 4.45. The Kier molecular flexibility index (Phi) is 5.36. The Morgan fingerprint density at radius 3 is 2.52 bits per heavy atom. The SMILES string of the molecule is COC1=C(OC)C(OC)CC(C(=O)c2csc(-c3ccccc3)c2)=C1. The fourth-order valence-electron chi connectivity index (χ4n) is 2.87. The average molecular weight is 356 g/mol.